The van der Waals surface area contributed by atoms with Crippen LogP contribution in [0.2, 0.25) is 0 Å². The number of halogens is 4. The first kappa shape index (κ1) is 27.7. The summed E-state index contributed by atoms with van der Waals surface area (Å²) in [6, 6.07) is 18.8. The molecule has 1 unspecified atom stereocenters. The van der Waals surface area contributed by atoms with Gasteiger partial charge in [-0.2, -0.15) is 0 Å². The summed E-state index contributed by atoms with van der Waals surface area (Å²) in [6.07, 6.45) is 0.663. The highest BCUT2D eigenvalue weighted by Crippen LogP contribution is 2.31. The van der Waals surface area contributed by atoms with Crippen molar-refractivity contribution < 1.29 is 18.0 Å². The molecule has 192 valence electrons. The summed E-state index contributed by atoms with van der Waals surface area (Å²) in [5.74, 6) is -1.17. The number of benzene rings is 3. The maximum atomic E-state index is 13.5. The fourth-order valence-electron chi connectivity index (χ4n) is 4.81. The number of hydrogen-bond acceptors (Lipinski definition) is 3. The average Bonchev–Trinajstić information content (AvgIpc) is 2.81. The van der Waals surface area contributed by atoms with E-state index in [1.165, 1.54) is 36.4 Å². The topological polar surface area (TPSA) is 35.6 Å². The van der Waals surface area contributed by atoms with Crippen LogP contribution in [0.15, 0.2) is 72.8 Å². The number of anilines is 1. The first-order valence-electron chi connectivity index (χ1n) is 11.7. The minimum Gasteiger partial charge on any atom is -0.325 e. The van der Waals surface area contributed by atoms with Gasteiger partial charge in [-0.25, -0.2) is 13.2 Å². The van der Waals surface area contributed by atoms with E-state index in [2.05, 4.69) is 29.0 Å². The van der Waals surface area contributed by atoms with Crippen molar-refractivity contribution in [2.45, 2.75) is 38.4 Å². The van der Waals surface area contributed by atoms with Gasteiger partial charge in [0.15, 0.2) is 0 Å². The van der Waals surface area contributed by atoms with E-state index < -0.39 is 11.4 Å². The molecule has 1 atom stereocenters. The number of carbonyl (C=O) groups excluding carboxylic acids is 1. The molecular weight excluding hydrogens is 487 g/mol. The van der Waals surface area contributed by atoms with Crippen molar-refractivity contribution >= 4 is 24.0 Å². The van der Waals surface area contributed by atoms with Gasteiger partial charge in [-0.05, 0) is 73.9 Å². The summed E-state index contributed by atoms with van der Waals surface area (Å²) < 4.78 is 40.4. The molecular formula is C28H31ClF3N3O. The van der Waals surface area contributed by atoms with Crippen molar-refractivity contribution in [3.63, 3.8) is 0 Å². The SMILES string of the molecule is CC1(C)C(Cc2ccc(F)cc2)N(Cc2ccc(F)cc2)CCN1CC(=O)Nc1cccc(F)c1.Cl. The first-order chi connectivity index (χ1) is 16.7. The van der Waals surface area contributed by atoms with E-state index in [0.29, 0.717) is 31.7 Å². The maximum Gasteiger partial charge on any atom is 0.238 e. The Bertz CT molecular complexity index is 1160. The zero-order valence-corrected chi connectivity index (χ0v) is 21.2. The fraction of sp³-hybridized carbons (Fsp3) is 0.321. The van der Waals surface area contributed by atoms with E-state index >= 15 is 0 Å². The standard InChI is InChI=1S/C28H30F3N3O.ClH/c1-28(2)26(16-20-6-10-22(29)11-7-20)33(18-21-8-12-23(30)13-9-21)14-15-34(28)19-27(35)32-25-5-3-4-24(31)17-25;/h3-13,17,26H,14-16,18-19H2,1-2H3,(H,32,35);1H. The lowest BCUT2D eigenvalue weighted by Crippen LogP contribution is -2.66. The van der Waals surface area contributed by atoms with E-state index in [1.54, 1.807) is 36.4 Å². The second kappa shape index (κ2) is 11.9. The molecule has 1 aliphatic heterocycles. The third-order valence-corrected chi connectivity index (χ3v) is 6.81. The summed E-state index contributed by atoms with van der Waals surface area (Å²) in [7, 11) is 0. The summed E-state index contributed by atoms with van der Waals surface area (Å²) >= 11 is 0. The number of hydrogen-bond donors (Lipinski definition) is 1. The van der Waals surface area contributed by atoms with Gasteiger partial charge < -0.3 is 5.32 Å². The van der Waals surface area contributed by atoms with Crippen LogP contribution in [0.3, 0.4) is 0 Å². The predicted molar refractivity (Wildman–Crippen MR) is 139 cm³/mol. The van der Waals surface area contributed by atoms with E-state index in [0.717, 1.165) is 11.1 Å². The molecule has 8 heteroatoms. The molecule has 3 aromatic rings. The minimum atomic E-state index is -0.411. The van der Waals surface area contributed by atoms with Crippen LogP contribution in [0.5, 0.6) is 0 Å². The Morgan fingerprint density at radius 3 is 2.11 bits per heavy atom. The van der Waals surface area contributed by atoms with Crippen LogP contribution in [0, 0.1) is 17.5 Å². The van der Waals surface area contributed by atoms with Crippen LogP contribution in [-0.2, 0) is 17.8 Å². The van der Waals surface area contributed by atoms with E-state index in [1.807, 2.05) is 0 Å². The molecule has 0 radical (unpaired) electrons. The number of amides is 1. The Balaban J connectivity index is 0.00000361. The summed E-state index contributed by atoms with van der Waals surface area (Å²) in [5, 5.41) is 2.78. The van der Waals surface area contributed by atoms with Gasteiger partial charge in [0, 0.05) is 36.9 Å². The van der Waals surface area contributed by atoms with Crippen LogP contribution in [0.25, 0.3) is 0 Å². The smallest absolute Gasteiger partial charge is 0.238 e. The maximum absolute atomic E-state index is 13.5. The monoisotopic (exact) mass is 517 g/mol. The van der Waals surface area contributed by atoms with Crippen molar-refractivity contribution in [3.8, 4) is 0 Å². The minimum absolute atomic E-state index is 0. The number of carbonyl (C=O) groups is 1. The molecule has 0 bridgehead atoms. The van der Waals surface area contributed by atoms with Gasteiger partial charge >= 0.3 is 0 Å². The van der Waals surface area contributed by atoms with Crippen molar-refractivity contribution in [2.24, 2.45) is 0 Å². The fourth-order valence-corrected chi connectivity index (χ4v) is 4.81. The van der Waals surface area contributed by atoms with Crippen LogP contribution >= 0.6 is 12.4 Å². The van der Waals surface area contributed by atoms with Gasteiger partial charge in [0.1, 0.15) is 17.5 Å². The molecule has 1 N–H and O–H groups in total. The molecule has 4 rings (SSSR count). The number of nitrogens with one attached hydrogen (secondary N) is 1. The lowest BCUT2D eigenvalue weighted by atomic mass is 9.83. The highest BCUT2D eigenvalue weighted by molar-refractivity contribution is 5.92. The normalized spacial score (nSPS) is 17.9. The number of rotatable bonds is 7. The lowest BCUT2D eigenvalue weighted by Gasteiger charge is -2.53. The average molecular weight is 518 g/mol. The largest absolute Gasteiger partial charge is 0.325 e. The van der Waals surface area contributed by atoms with Gasteiger partial charge in [0.25, 0.3) is 0 Å². The van der Waals surface area contributed by atoms with E-state index in [-0.39, 0.29) is 42.5 Å². The molecule has 3 aromatic carbocycles. The van der Waals surface area contributed by atoms with Crippen LogP contribution in [-0.4, -0.2) is 46.9 Å². The quantitative estimate of drug-likeness (QED) is 0.438. The lowest BCUT2D eigenvalue weighted by molar-refractivity contribution is -0.121. The zero-order valence-electron chi connectivity index (χ0n) is 20.4. The Kier molecular flexibility index (Phi) is 9.17. The zero-order chi connectivity index (χ0) is 25.0. The molecule has 0 aromatic heterocycles. The first-order valence-corrected chi connectivity index (χ1v) is 11.7. The van der Waals surface area contributed by atoms with Crippen molar-refractivity contribution in [3.05, 3.63) is 101 Å². The van der Waals surface area contributed by atoms with Gasteiger partial charge in [0.05, 0.1) is 6.54 Å². The Hall–Kier alpha value is -2.87. The van der Waals surface area contributed by atoms with Crippen LogP contribution < -0.4 is 5.32 Å². The molecule has 4 nitrogen and oxygen atoms in total. The second-order valence-electron chi connectivity index (χ2n) is 9.58. The van der Waals surface area contributed by atoms with E-state index in [4.69, 9.17) is 0 Å². The Morgan fingerprint density at radius 2 is 1.50 bits per heavy atom. The predicted octanol–water partition coefficient (Wildman–Crippen LogP) is 5.67. The second-order valence-corrected chi connectivity index (χ2v) is 9.58. The van der Waals surface area contributed by atoms with Gasteiger partial charge in [-0.15, -0.1) is 12.4 Å². The molecule has 36 heavy (non-hydrogen) atoms. The van der Waals surface area contributed by atoms with Crippen molar-refractivity contribution in [1.82, 2.24) is 9.80 Å². The Labute approximate surface area is 216 Å². The molecule has 0 aliphatic carbocycles. The molecule has 1 amide bonds. The Morgan fingerprint density at radius 1 is 0.889 bits per heavy atom. The van der Waals surface area contributed by atoms with Gasteiger partial charge in [0.2, 0.25) is 5.91 Å². The van der Waals surface area contributed by atoms with E-state index in [9.17, 15) is 18.0 Å². The third kappa shape index (κ3) is 6.87. The third-order valence-electron chi connectivity index (χ3n) is 6.81. The van der Waals surface area contributed by atoms with Gasteiger partial charge in [-0.1, -0.05) is 30.3 Å². The molecule has 1 fully saturated rings. The van der Waals surface area contributed by atoms with Crippen molar-refractivity contribution in [1.29, 1.82) is 0 Å². The molecule has 1 heterocycles. The van der Waals surface area contributed by atoms with Crippen molar-refractivity contribution in [2.75, 3.05) is 25.0 Å². The molecule has 0 saturated carbocycles. The van der Waals surface area contributed by atoms with Gasteiger partial charge in [-0.3, -0.25) is 14.6 Å². The number of nitrogens with zero attached hydrogens (tertiary/aromatic N) is 2. The van der Waals surface area contributed by atoms with Crippen LogP contribution in [0.1, 0.15) is 25.0 Å². The highest BCUT2D eigenvalue weighted by Gasteiger charge is 2.43. The summed E-state index contributed by atoms with van der Waals surface area (Å²) in [4.78, 5) is 17.3. The summed E-state index contributed by atoms with van der Waals surface area (Å²) in [5.41, 5.74) is 2.01. The summed E-state index contributed by atoms with van der Waals surface area (Å²) in [6.45, 7) is 6.37. The number of piperazine rings is 1. The molecule has 0 spiro atoms. The molecule has 1 saturated heterocycles. The highest BCUT2D eigenvalue weighted by atomic mass is 35.5. The molecule has 1 aliphatic rings. The van der Waals surface area contributed by atoms with Crippen LogP contribution in [0.4, 0.5) is 18.9 Å².